The van der Waals surface area contributed by atoms with E-state index in [2.05, 4.69) is 41.4 Å². The number of para-hydroxylation sites is 1. The third kappa shape index (κ3) is 3.42. The van der Waals surface area contributed by atoms with Crippen molar-refractivity contribution in [1.82, 2.24) is 5.32 Å². The van der Waals surface area contributed by atoms with Gasteiger partial charge in [-0.25, -0.2) is 0 Å². The van der Waals surface area contributed by atoms with E-state index in [-0.39, 0.29) is 0 Å². The second-order valence-electron chi connectivity index (χ2n) is 7.00. The molecule has 21 heavy (non-hydrogen) atoms. The van der Waals surface area contributed by atoms with E-state index >= 15 is 0 Å². The van der Waals surface area contributed by atoms with Gasteiger partial charge in [0.1, 0.15) is 0 Å². The number of nitrogens with zero attached hydrogens (tertiary/aromatic N) is 1. The van der Waals surface area contributed by atoms with Crippen molar-refractivity contribution in [1.29, 1.82) is 0 Å². The van der Waals surface area contributed by atoms with Crippen molar-refractivity contribution in [3.8, 4) is 0 Å². The first kappa shape index (κ1) is 14.9. The summed E-state index contributed by atoms with van der Waals surface area (Å²) in [6, 6.07) is 8.97. The van der Waals surface area contributed by atoms with E-state index in [4.69, 9.17) is 0 Å². The normalized spacial score (nSPS) is 21.1. The highest BCUT2D eigenvalue weighted by Crippen LogP contribution is 2.46. The molecule has 0 radical (unpaired) electrons. The third-order valence-electron chi connectivity index (χ3n) is 5.56. The Balaban J connectivity index is 1.64. The van der Waals surface area contributed by atoms with Crippen molar-refractivity contribution >= 4 is 5.69 Å². The first-order valence-electron chi connectivity index (χ1n) is 8.87. The van der Waals surface area contributed by atoms with E-state index < -0.39 is 0 Å². The van der Waals surface area contributed by atoms with Crippen LogP contribution in [0.5, 0.6) is 0 Å². The summed E-state index contributed by atoms with van der Waals surface area (Å²) in [6.07, 6.45) is 9.93. The van der Waals surface area contributed by atoms with Gasteiger partial charge in [0, 0.05) is 25.3 Å². The number of hydrogen-bond acceptors (Lipinski definition) is 2. The Morgan fingerprint density at radius 1 is 1.05 bits per heavy atom. The predicted molar refractivity (Wildman–Crippen MR) is 90.8 cm³/mol. The molecular formula is C19H30N2. The van der Waals surface area contributed by atoms with Gasteiger partial charge in [0.2, 0.25) is 0 Å². The van der Waals surface area contributed by atoms with Crippen LogP contribution in [0.4, 0.5) is 5.69 Å². The van der Waals surface area contributed by atoms with Crippen LogP contribution in [0, 0.1) is 5.41 Å². The van der Waals surface area contributed by atoms with E-state index in [1.54, 1.807) is 0 Å². The SMILES string of the molecule is CCCNCc1ccccc1N1CCC2(CCCC2)CC1. The average molecular weight is 286 g/mol. The molecule has 0 atom stereocenters. The molecule has 1 aliphatic carbocycles. The van der Waals surface area contributed by atoms with Gasteiger partial charge in [0.25, 0.3) is 0 Å². The molecule has 0 bridgehead atoms. The van der Waals surface area contributed by atoms with Crippen molar-refractivity contribution < 1.29 is 0 Å². The Hall–Kier alpha value is -1.02. The Morgan fingerprint density at radius 3 is 2.48 bits per heavy atom. The van der Waals surface area contributed by atoms with E-state index in [0.717, 1.165) is 13.1 Å². The highest BCUT2D eigenvalue weighted by Gasteiger charge is 2.37. The van der Waals surface area contributed by atoms with Crippen LogP contribution in [0.15, 0.2) is 24.3 Å². The fourth-order valence-corrected chi connectivity index (χ4v) is 4.22. The van der Waals surface area contributed by atoms with Crippen LogP contribution in [-0.2, 0) is 6.54 Å². The van der Waals surface area contributed by atoms with Gasteiger partial charge in [-0.05, 0) is 55.7 Å². The quantitative estimate of drug-likeness (QED) is 0.810. The molecule has 1 aliphatic heterocycles. The van der Waals surface area contributed by atoms with E-state index in [1.807, 2.05) is 0 Å². The number of benzene rings is 1. The number of anilines is 1. The Bertz CT molecular complexity index is 439. The van der Waals surface area contributed by atoms with Crippen LogP contribution >= 0.6 is 0 Å². The summed E-state index contributed by atoms with van der Waals surface area (Å²) >= 11 is 0. The zero-order chi connectivity index (χ0) is 14.5. The van der Waals surface area contributed by atoms with E-state index in [1.165, 1.54) is 69.3 Å². The molecule has 1 aromatic carbocycles. The van der Waals surface area contributed by atoms with Gasteiger partial charge >= 0.3 is 0 Å². The van der Waals surface area contributed by atoms with Gasteiger partial charge in [0.05, 0.1) is 0 Å². The molecule has 1 saturated heterocycles. The number of rotatable bonds is 5. The van der Waals surface area contributed by atoms with Gasteiger partial charge in [-0.2, -0.15) is 0 Å². The molecule has 0 amide bonds. The molecule has 1 spiro atoms. The van der Waals surface area contributed by atoms with Crippen molar-refractivity contribution in [3.05, 3.63) is 29.8 Å². The van der Waals surface area contributed by atoms with Crippen molar-refractivity contribution in [2.24, 2.45) is 5.41 Å². The molecule has 2 nitrogen and oxygen atoms in total. The monoisotopic (exact) mass is 286 g/mol. The van der Waals surface area contributed by atoms with Crippen LogP contribution in [0.3, 0.4) is 0 Å². The Labute approximate surface area is 129 Å². The lowest BCUT2D eigenvalue weighted by Crippen LogP contribution is -2.39. The minimum absolute atomic E-state index is 0.714. The standard InChI is InChI=1S/C19H30N2/c1-2-13-20-16-17-7-3-4-8-18(17)21-14-11-19(12-15-21)9-5-6-10-19/h3-4,7-8,20H,2,5-6,9-16H2,1H3. The largest absolute Gasteiger partial charge is 0.371 e. The molecule has 1 saturated carbocycles. The van der Waals surface area contributed by atoms with E-state index in [9.17, 15) is 0 Å². The molecule has 116 valence electrons. The highest BCUT2D eigenvalue weighted by molar-refractivity contribution is 5.54. The maximum absolute atomic E-state index is 3.55. The first-order valence-corrected chi connectivity index (χ1v) is 8.87. The van der Waals surface area contributed by atoms with Crippen LogP contribution in [0.2, 0.25) is 0 Å². The summed E-state index contributed by atoms with van der Waals surface area (Å²) in [5.74, 6) is 0. The second-order valence-corrected chi connectivity index (χ2v) is 7.00. The average Bonchev–Trinajstić information content (AvgIpc) is 2.97. The highest BCUT2D eigenvalue weighted by atomic mass is 15.1. The van der Waals surface area contributed by atoms with Crippen LogP contribution in [0.1, 0.15) is 57.4 Å². The minimum Gasteiger partial charge on any atom is -0.371 e. The lowest BCUT2D eigenvalue weighted by atomic mass is 9.77. The Kier molecular flexibility index (Phi) is 4.84. The summed E-state index contributed by atoms with van der Waals surface area (Å²) in [5.41, 5.74) is 3.65. The fraction of sp³-hybridized carbons (Fsp3) is 0.684. The molecule has 3 rings (SSSR count). The maximum Gasteiger partial charge on any atom is 0.0411 e. The fourth-order valence-electron chi connectivity index (χ4n) is 4.22. The minimum atomic E-state index is 0.714. The van der Waals surface area contributed by atoms with Gasteiger partial charge in [-0.15, -0.1) is 0 Å². The third-order valence-corrected chi connectivity index (χ3v) is 5.56. The number of hydrogen-bond donors (Lipinski definition) is 1. The smallest absolute Gasteiger partial charge is 0.0411 e. The van der Waals surface area contributed by atoms with Crippen molar-refractivity contribution in [3.63, 3.8) is 0 Å². The zero-order valence-corrected chi connectivity index (χ0v) is 13.5. The molecule has 1 N–H and O–H groups in total. The summed E-state index contributed by atoms with van der Waals surface area (Å²) in [5, 5.41) is 3.55. The lowest BCUT2D eigenvalue weighted by Gasteiger charge is -2.41. The molecule has 1 aromatic rings. The summed E-state index contributed by atoms with van der Waals surface area (Å²) < 4.78 is 0. The van der Waals surface area contributed by atoms with Gasteiger partial charge in [0.15, 0.2) is 0 Å². The topological polar surface area (TPSA) is 15.3 Å². The summed E-state index contributed by atoms with van der Waals surface area (Å²) in [4.78, 5) is 2.63. The summed E-state index contributed by atoms with van der Waals surface area (Å²) in [6.45, 7) is 6.85. The van der Waals surface area contributed by atoms with Crippen molar-refractivity contribution in [2.75, 3.05) is 24.5 Å². The molecular weight excluding hydrogens is 256 g/mol. The van der Waals surface area contributed by atoms with Crippen LogP contribution < -0.4 is 10.2 Å². The molecule has 2 fully saturated rings. The zero-order valence-electron chi connectivity index (χ0n) is 13.5. The maximum atomic E-state index is 3.55. The Morgan fingerprint density at radius 2 is 1.76 bits per heavy atom. The van der Waals surface area contributed by atoms with Crippen molar-refractivity contribution in [2.45, 2.75) is 58.4 Å². The van der Waals surface area contributed by atoms with Gasteiger partial charge < -0.3 is 10.2 Å². The van der Waals surface area contributed by atoms with Gasteiger partial charge in [-0.1, -0.05) is 38.0 Å². The molecule has 0 unspecified atom stereocenters. The number of nitrogens with one attached hydrogen (secondary N) is 1. The lowest BCUT2D eigenvalue weighted by molar-refractivity contribution is 0.226. The predicted octanol–water partition coefficient (Wildman–Crippen LogP) is 4.35. The van der Waals surface area contributed by atoms with Crippen LogP contribution in [0.25, 0.3) is 0 Å². The first-order chi connectivity index (χ1) is 10.3. The molecule has 2 heteroatoms. The molecule has 2 aliphatic rings. The summed E-state index contributed by atoms with van der Waals surface area (Å²) in [7, 11) is 0. The molecule has 0 aromatic heterocycles. The number of piperidine rings is 1. The van der Waals surface area contributed by atoms with Crippen LogP contribution in [-0.4, -0.2) is 19.6 Å². The second kappa shape index (κ2) is 6.83. The molecule has 1 heterocycles. The van der Waals surface area contributed by atoms with Gasteiger partial charge in [-0.3, -0.25) is 0 Å². The van der Waals surface area contributed by atoms with E-state index in [0.29, 0.717) is 5.41 Å².